The van der Waals surface area contributed by atoms with E-state index in [0.717, 1.165) is 5.76 Å². The van der Waals surface area contributed by atoms with E-state index in [4.69, 9.17) is 4.42 Å². The topological polar surface area (TPSA) is 62.6 Å². The van der Waals surface area contributed by atoms with Crippen molar-refractivity contribution in [1.82, 2.24) is 10.2 Å². The fraction of sp³-hybridized carbons (Fsp3) is 0.600. The zero-order chi connectivity index (χ0) is 14.9. The molecule has 20 heavy (non-hydrogen) atoms. The molecular formula is C15H22N2O3. The number of furan rings is 1. The molecule has 0 bridgehead atoms. The predicted molar refractivity (Wildman–Crippen MR) is 74.6 cm³/mol. The number of carbonyl (C=O) groups excluding carboxylic acids is 2. The summed E-state index contributed by atoms with van der Waals surface area (Å²) in [6, 6.07) is 4.08. The minimum Gasteiger partial charge on any atom is -0.463 e. The molecule has 2 rings (SSSR count). The van der Waals surface area contributed by atoms with Crippen LogP contribution in [0.2, 0.25) is 0 Å². The molecule has 1 saturated heterocycles. The van der Waals surface area contributed by atoms with E-state index in [0.29, 0.717) is 18.3 Å². The number of amides is 2. The molecular weight excluding hydrogens is 256 g/mol. The Morgan fingerprint density at radius 3 is 2.50 bits per heavy atom. The first-order valence-corrected chi connectivity index (χ1v) is 6.95. The summed E-state index contributed by atoms with van der Waals surface area (Å²) in [5.74, 6) is 1.20. The quantitative estimate of drug-likeness (QED) is 0.837. The van der Waals surface area contributed by atoms with Gasteiger partial charge in [-0.2, -0.15) is 0 Å². The van der Waals surface area contributed by atoms with Gasteiger partial charge in [-0.1, -0.05) is 27.7 Å². The molecule has 1 fully saturated rings. The first kappa shape index (κ1) is 14.8. The van der Waals surface area contributed by atoms with Crippen molar-refractivity contribution >= 4 is 11.8 Å². The summed E-state index contributed by atoms with van der Waals surface area (Å²) in [5, 5.41) is 3.26. The van der Waals surface area contributed by atoms with Gasteiger partial charge < -0.3 is 9.73 Å². The van der Waals surface area contributed by atoms with Crippen LogP contribution >= 0.6 is 0 Å². The predicted octanol–water partition coefficient (Wildman–Crippen LogP) is 2.06. The Morgan fingerprint density at radius 2 is 1.95 bits per heavy atom. The van der Waals surface area contributed by atoms with Gasteiger partial charge in [0.25, 0.3) is 0 Å². The molecule has 110 valence electrons. The first-order valence-electron chi connectivity index (χ1n) is 6.95. The van der Waals surface area contributed by atoms with Crippen LogP contribution in [0.15, 0.2) is 16.5 Å². The standard InChI is InChI=1S/C15H22N2O3/c1-10(2)16-8-11-5-6-12(20-11)9-17-13(18)7-15(3,4)14(17)19/h5-6,10,16H,7-9H2,1-4H3. The fourth-order valence-corrected chi connectivity index (χ4v) is 2.25. The molecule has 0 atom stereocenters. The number of rotatable bonds is 5. The van der Waals surface area contributed by atoms with Gasteiger partial charge in [0.15, 0.2) is 0 Å². The van der Waals surface area contributed by atoms with Crippen molar-refractivity contribution in [2.24, 2.45) is 5.41 Å². The van der Waals surface area contributed by atoms with Crippen LogP contribution in [0.4, 0.5) is 0 Å². The number of imide groups is 1. The second-order valence-electron chi connectivity index (χ2n) is 6.25. The molecule has 0 unspecified atom stereocenters. The van der Waals surface area contributed by atoms with Crippen molar-refractivity contribution in [3.63, 3.8) is 0 Å². The molecule has 5 nitrogen and oxygen atoms in total. The lowest BCUT2D eigenvalue weighted by atomic mass is 9.92. The smallest absolute Gasteiger partial charge is 0.235 e. The van der Waals surface area contributed by atoms with Crippen molar-refractivity contribution in [2.75, 3.05) is 0 Å². The SMILES string of the molecule is CC(C)NCc1ccc(CN2C(=O)CC(C)(C)C2=O)o1. The van der Waals surface area contributed by atoms with Gasteiger partial charge in [-0.3, -0.25) is 14.5 Å². The van der Waals surface area contributed by atoms with Gasteiger partial charge in [-0.05, 0) is 12.1 Å². The zero-order valence-electron chi connectivity index (χ0n) is 12.5. The molecule has 0 radical (unpaired) electrons. The maximum Gasteiger partial charge on any atom is 0.235 e. The van der Waals surface area contributed by atoms with Gasteiger partial charge in [0.1, 0.15) is 11.5 Å². The van der Waals surface area contributed by atoms with E-state index in [1.165, 1.54) is 4.90 Å². The van der Waals surface area contributed by atoms with E-state index in [2.05, 4.69) is 19.2 Å². The van der Waals surface area contributed by atoms with Crippen molar-refractivity contribution < 1.29 is 14.0 Å². The molecule has 5 heteroatoms. The van der Waals surface area contributed by atoms with Crippen LogP contribution in [0.3, 0.4) is 0 Å². The molecule has 1 aliphatic heterocycles. The highest BCUT2D eigenvalue weighted by Crippen LogP contribution is 2.32. The van der Waals surface area contributed by atoms with Gasteiger partial charge in [-0.15, -0.1) is 0 Å². The second kappa shape index (κ2) is 5.40. The average Bonchev–Trinajstić information content (AvgIpc) is 2.86. The Labute approximate surface area is 119 Å². The lowest BCUT2D eigenvalue weighted by Gasteiger charge is -2.16. The number of hydrogen-bond donors (Lipinski definition) is 1. The lowest BCUT2D eigenvalue weighted by molar-refractivity contribution is -0.141. The lowest BCUT2D eigenvalue weighted by Crippen LogP contribution is -2.32. The molecule has 0 aliphatic carbocycles. The summed E-state index contributed by atoms with van der Waals surface area (Å²) >= 11 is 0. The largest absolute Gasteiger partial charge is 0.463 e. The van der Waals surface area contributed by atoms with Crippen molar-refractivity contribution in [1.29, 1.82) is 0 Å². The van der Waals surface area contributed by atoms with Crippen LogP contribution in [-0.4, -0.2) is 22.8 Å². The van der Waals surface area contributed by atoms with Crippen molar-refractivity contribution in [3.05, 3.63) is 23.7 Å². The Morgan fingerprint density at radius 1 is 1.30 bits per heavy atom. The average molecular weight is 278 g/mol. The summed E-state index contributed by atoms with van der Waals surface area (Å²) in [6.45, 7) is 8.59. The molecule has 2 amide bonds. The Hall–Kier alpha value is -1.62. The third-order valence-corrected chi connectivity index (χ3v) is 3.43. The van der Waals surface area contributed by atoms with Crippen LogP contribution < -0.4 is 5.32 Å². The maximum atomic E-state index is 12.1. The molecule has 2 heterocycles. The van der Waals surface area contributed by atoms with Gasteiger partial charge in [0.05, 0.1) is 18.5 Å². The molecule has 0 saturated carbocycles. The van der Waals surface area contributed by atoms with Crippen LogP contribution in [-0.2, 0) is 22.7 Å². The summed E-state index contributed by atoms with van der Waals surface area (Å²) in [5.41, 5.74) is -0.592. The third kappa shape index (κ3) is 3.10. The monoisotopic (exact) mass is 278 g/mol. The highest BCUT2D eigenvalue weighted by atomic mass is 16.3. The summed E-state index contributed by atoms with van der Waals surface area (Å²) < 4.78 is 5.65. The molecule has 0 spiro atoms. The van der Waals surface area contributed by atoms with E-state index in [1.54, 1.807) is 13.8 Å². The summed E-state index contributed by atoms with van der Waals surface area (Å²) in [7, 11) is 0. The minimum absolute atomic E-state index is 0.124. The second-order valence-corrected chi connectivity index (χ2v) is 6.25. The van der Waals surface area contributed by atoms with E-state index < -0.39 is 5.41 Å². The molecule has 1 N–H and O–H groups in total. The van der Waals surface area contributed by atoms with Crippen molar-refractivity contribution in [2.45, 2.75) is 53.2 Å². The fourth-order valence-electron chi connectivity index (χ4n) is 2.25. The number of nitrogens with zero attached hydrogens (tertiary/aromatic N) is 1. The number of hydrogen-bond acceptors (Lipinski definition) is 4. The third-order valence-electron chi connectivity index (χ3n) is 3.43. The van der Waals surface area contributed by atoms with Gasteiger partial charge in [0, 0.05) is 12.5 Å². The number of nitrogens with one attached hydrogen (secondary N) is 1. The normalized spacial score (nSPS) is 18.4. The highest BCUT2D eigenvalue weighted by Gasteiger charge is 2.44. The van der Waals surface area contributed by atoms with Gasteiger partial charge in [0.2, 0.25) is 11.8 Å². The van der Waals surface area contributed by atoms with E-state index >= 15 is 0 Å². The van der Waals surface area contributed by atoms with E-state index in [1.807, 2.05) is 12.1 Å². The minimum atomic E-state index is -0.592. The van der Waals surface area contributed by atoms with Gasteiger partial charge >= 0.3 is 0 Å². The molecule has 1 aliphatic rings. The zero-order valence-corrected chi connectivity index (χ0v) is 12.5. The number of likely N-dealkylation sites (tertiary alicyclic amines) is 1. The summed E-state index contributed by atoms with van der Waals surface area (Å²) in [6.07, 6.45) is 0.272. The van der Waals surface area contributed by atoms with Crippen LogP contribution in [0.5, 0.6) is 0 Å². The van der Waals surface area contributed by atoms with Crippen LogP contribution in [0.1, 0.15) is 45.6 Å². The Kier molecular flexibility index (Phi) is 3.99. The maximum absolute atomic E-state index is 12.1. The van der Waals surface area contributed by atoms with Crippen LogP contribution in [0, 0.1) is 5.41 Å². The summed E-state index contributed by atoms with van der Waals surface area (Å²) in [4.78, 5) is 25.3. The van der Waals surface area contributed by atoms with Crippen LogP contribution in [0.25, 0.3) is 0 Å². The van der Waals surface area contributed by atoms with E-state index in [-0.39, 0.29) is 24.8 Å². The molecule has 0 aromatic carbocycles. The van der Waals surface area contributed by atoms with E-state index in [9.17, 15) is 9.59 Å². The van der Waals surface area contributed by atoms with Crippen molar-refractivity contribution in [3.8, 4) is 0 Å². The highest BCUT2D eigenvalue weighted by molar-refractivity contribution is 6.05. The number of carbonyl (C=O) groups is 2. The molecule has 1 aromatic heterocycles. The van der Waals surface area contributed by atoms with Gasteiger partial charge in [-0.25, -0.2) is 0 Å². The first-order chi connectivity index (χ1) is 9.29. The Balaban J connectivity index is 2.00. The molecule has 1 aromatic rings. The Bertz CT molecular complexity index is 517.